The number of hydrogen-bond acceptors (Lipinski definition) is 3. The fourth-order valence-corrected chi connectivity index (χ4v) is 4.53. The Kier molecular flexibility index (Phi) is 10.1. The zero-order valence-corrected chi connectivity index (χ0v) is 20.0. The summed E-state index contributed by atoms with van der Waals surface area (Å²) in [6, 6.07) is 6.71. The lowest BCUT2D eigenvalue weighted by Gasteiger charge is -2.19. The standard InChI is InChI=1S/C19H31FN4O2S.HI/c1-4-21-18(22-12-13-27(25,26)24(5-2)6-3)23-15-19(10-11-19)16-8-7-9-17(20)14-16;/h7-9,14H,4-6,10-13,15H2,1-3H3,(H2,21,22,23);1H. The number of nitrogens with zero attached hydrogens (tertiary/aromatic N) is 2. The van der Waals surface area contributed by atoms with E-state index in [1.54, 1.807) is 12.1 Å². The summed E-state index contributed by atoms with van der Waals surface area (Å²) in [7, 11) is -3.27. The highest BCUT2D eigenvalue weighted by Gasteiger charge is 2.44. The van der Waals surface area contributed by atoms with Gasteiger partial charge in [0.2, 0.25) is 10.0 Å². The predicted molar refractivity (Wildman–Crippen MR) is 123 cm³/mol. The van der Waals surface area contributed by atoms with E-state index < -0.39 is 10.0 Å². The van der Waals surface area contributed by atoms with Crippen LogP contribution in [-0.2, 0) is 15.4 Å². The normalized spacial score (nSPS) is 15.8. The summed E-state index contributed by atoms with van der Waals surface area (Å²) in [6.45, 7) is 8.10. The van der Waals surface area contributed by atoms with Crippen LogP contribution in [0.1, 0.15) is 39.2 Å². The van der Waals surface area contributed by atoms with Gasteiger partial charge in [0.15, 0.2) is 5.96 Å². The zero-order chi connectivity index (χ0) is 19.9. The summed E-state index contributed by atoms with van der Waals surface area (Å²) in [5.41, 5.74) is 0.879. The van der Waals surface area contributed by atoms with Gasteiger partial charge in [-0.1, -0.05) is 26.0 Å². The predicted octanol–water partition coefficient (Wildman–Crippen LogP) is 2.70. The molecule has 1 aromatic rings. The highest BCUT2D eigenvalue weighted by atomic mass is 127. The summed E-state index contributed by atoms with van der Waals surface area (Å²) in [5.74, 6) is 0.387. The highest BCUT2D eigenvalue weighted by molar-refractivity contribution is 14.0. The molecule has 0 radical (unpaired) electrons. The molecule has 0 atom stereocenters. The van der Waals surface area contributed by atoms with Crippen LogP contribution in [0.25, 0.3) is 0 Å². The van der Waals surface area contributed by atoms with Crippen LogP contribution < -0.4 is 10.6 Å². The fourth-order valence-electron chi connectivity index (χ4n) is 3.12. The van der Waals surface area contributed by atoms with E-state index in [1.165, 1.54) is 10.4 Å². The molecular weight excluding hydrogens is 494 g/mol. The first-order valence-electron chi connectivity index (χ1n) is 9.63. The number of halogens is 2. The van der Waals surface area contributed by atoms with Crippen molar-refractivity contribution in [2.24, 2.45) is 4.99 Å². The molecule has 0 bridgehead atoms. The van der Waals surface area contributed by atoms with E-state index in [2.05, 4.69) is 15.6 Å². The van der Waals surface area contributed by atoms with Crippen LogP contribution in [0.2, 0.25) is 0 Å². The fraction of sp³-hybridized carbons (Fsp3) is 0.632. The Bertz CT molecular complexity index is 750. The third-order valence-electron chi connectivity index (χ3n) is 4.93. The van der Waals surface area contributed by atoms with E-state index in [-0.39, 0.29) is 47.5 Å². The molecule has 0 aromatic heterocycles. The van der Waals surface area contributed by atoms with Crippen LogP contribution >= 0.6 is 24.0 Å². The van der Waals surface area contributed by atoms with Gasteiger partial charge in [-0.15, -0.1) is 24.0 Å². The van der Waals surface area contributed by atoms with Gasteiger partial charge >= 0.3 is 0 Å². The molecule has 0 saturated heterocycles. The van der Waals surface area contributed by atoms with Gasteiger partial charge in [0, 0.05) is 31.6 Å². The van der Waals surface area contributed by atoms with Crippen molar-refractivity contribution in [2.45, 2.75) is 39.0 Å². The molecule has 0 unspecified atom stereocenters. The van der Waals surface area contributed by atoms with Crippen molar-refractivity contribution in [3.8, 4) is 0 Å². The molecular formula is C19H32FIN4O2S. The maximum Gasteiger partial charge on any atom is 0.215 e. The summed E-state index contributed by atoms with van der Waals surface area (Å²) in [6.07, 6.45) is 1.96. The van der Waals surface area contributed by atoms with Crippen LogP contribution in [-0.4, -0.2) is 57.2 Å². The summed E-state index contributed by atoms with van der Waals surface area (Å²) in [4.78, 5) is 4.62. The second-order valence-corrected chi connectivity index (χ2v) is 8.90. The summed E-state index contributed by atoms with van der Waals surface area (Å²) in [5, 5.41) is 6.25. The first kappa shape index (κ1) is 25.1. The molecule has 1 saturated carbocycles. The van der Waals surface area contributed by atoms with Crippen LogP contribution in [0, 0.1) is 5.82 Å². The van der Waals surface area contributed by atoms with E-state index in [9.17, 15) is 12.8 Å². The minimum absolute atomic E-state index is 0. The minimum Gasteiger partial charge on any atom is -0.357 e. The maximum absolute atomic E-state index is 13.5. The largest absolute Gasteiger partial charge is 0.357 e. The van der Waals surface area contributed by atoms with E-state index in [4.69, 9.17) is 0 Å². The average molecular weight is 526 g/mol. The van der Waals surface area contributed by atoms with Gasteiger partial charge in [-0.25, -0.2) is 17.1 Å². The molecule has 0 spiro atoms. The van der Waals surface area contributed by atoms with Crippen molar-refractivity contribution < 1.29 is 12.8 Å². The monoisotopic (exact) mass is 526 g/mol. The molecule has 28 heavy (non-hydrogen) atoms. The Balaban J connectivity index is 0.00000392. The molecule has 1 aliphatic rings. The van der Waals surface area contributed by atoms with E-state index in [0.29, 0.717) is 32.1 Å². The molecule has 0 aliphatic heterocycles. The average Bonchev–Trinajstić information content (AvgIpc) is 3.41. The van der Waals surface area contributed by atoms with Gasteiger partial charge in [0.05, 0.1) is 12.3 Å². The third-order valence-corrected chi connectivity index (χ3v) is 6.95. The topological polar surface area (TPSA) is 73.8 Å². The van der Waals surface area contributed by atoms with Crippen molar-refractivity contribution in [1.82, 2.24) is 14.9 Å². The smallest absolute Gasteiger partial charge is 0.215 e. The minimum atomic E-state index is -3.27. The molecule has 2 rings (SSSR count). The summed E-state index contributed by atoms with van der Waals surface area (Å²) >= 11 is 0. The first-order chi connectivity index (χ1) is 12.9. The van der Waals surface area contributed by atoms with Crippen LogP contribution in [0.3, 0.4) is 0 Å². The maximum atomic E-state index is 13.5. The third kappa shape index (κ3) is 6.84. The second kappa shape index (κ2) is 11.3. The Hall–Kier alpha value is -0.940. The molecule has 0 heterocycles. The molecule has 9 heteroatoms. The van der Waals surface area contributed by atoms with Crippen molar-refractivity contribution in [2.75, 3.05) is 38.5 Å². The number of guanidine groups is 1. The van der Waals surface area contributed by atoms with Gasteiger partial charge in [0.1, 0.15) is 5.82 Å². The van der Waals surface area contributed by atoms with Gasteiger partial charge < -0.3 is 10.6 Å². The molecule has 1 fully saturated rings. The molecule has 1 aliphatic carbocycles. The van der Waals surface area contributed by atoms with Crippen LogP contribution in [0.5, 0.6) is 0 Å². The lowest BCUT2D eigenvalue weighted by molar-refractivity contribution is 0.445. The lowest BCUT2D eigenvalue weighted by Crippen LogP contribution is -2.42. The van der Waals surface area contributed by atoms with Gasteiger partial charge in [-0.2, -0.15) is 0 Å². The number of rotatable bonds is 10. The Labute approximate surface area is 185 Å². The van der Waals surface area contributed by atoms with Crippen molar-refractivity contribution in [3.05, 3.63) is 35.6 Å². The number of aliphatic imine (C=N–C) groups is 1. The Morgan fingerprint density at radius 1 is 1.21 bits per heavy atom. The van der Waals surface area contributed by atoms with E-state index in [0.717, 1.165) is 18.4 Å². The van der Waals surface area contributed by atoms with Gasteiger partial charge in [0.25, 0.3) is 0 Å². The van der Waals surface area contributed by atoms with Crippen molar-refractivity contribution >= 4 is 40.0 Å². The molecule has 2 N–H and O–H groups in total. The Morgan fingerprint density at radius 2 is 1.89 bits per heavy atom. The van der Waals surface area contributed by atoms with E-state index in [1.807, 2.05) is 26.8 Å². The number of benzene rings is 1. The second-order valence-electron chi connectivity index (χ2n) is 6.81. The van der Waals surface area contributed by atoms with Crippen LogP contribution in [0.4, 0.5) is 4.39 Å². The Morgan fingerprint density at radius 3 is 2.43 bits per heavy atom. The molecule has 0 amide bonds. The number of hydrogen-bond donors (Lipinski definition) is 2. The van der Waals surface area contributed by atoms with Gasteiger partial charge in [-0.3, -0.25) is 4.99 Å². The molecule has 6 nitrogen and oxygen atoms in total. The number of nitrogens with one attached hydrogen (secondary N) is 2. The van der Waals surface area contributed by atoms with E-state index >= 15 is 0 Å². The summed E-state index contributed by atoms with van der Waals surface area (Å²) < 4.78 is 39.5. The first-order valence-corrected chi connectivity index (χ1v) is 11.2. The highest BCUT2D eigenvalue weighted by Crippen LogP contribution is 2.48. The zero-order valence-electron chi connectivity index (χ0n) is 16.9. The molecule has 1 aromatic carbocycles. The van der Waals surface area contributed by atoms with Crippen molar-refractivity contribution in [3.63, 3.8) is 0 Å². The quantitative estimate of drug-likeness (QED) is 0.280. The van der Waals surface area contributed by atoms with Crippen LogP contribution in [0.15, 0.2) is 29.3 Å². The lowest BCUT2D eigenvalue weighted by atomic mass is 9.96. The van der Waals surface area contributed by atoms with Gasteiger partial charge in [-0.05, 0) is 37.5 Å². The van der Waals surface area contributed by atoms with Crippen molar-refractivity contribution in [1.29, 1.82) is 0 Å². The number of sulfonamides is 1. The SMILES string of the molecule is CCNC(=NCC1(c2cccc(F)c2)CC1)NCCS(=O)(=O)N(CC)CC.I. The molecule has 160 valence electrons.